The van der Waals surface area contributed by atoms with Gasteiger partial charge in [0.2, 0.25) is 0 Å². The third kappa shape index (κ3) is 3.49. The smallest absolute Gasteiger partial charge is 0.306 e. The van der Waals surface area contributed by atoms with Crippen LogP contribution in [0.1, 0.15) is 31.7 Å². The van der Waals surface area contributed by atoms with E-state index in [1.165, 1.54) is 6.33 Å². The van der Waals surface area contributed by atoms with Gasteiger partial charge in [0.05, 0.1) is 33.4 Å². The molecule has 3 N–H and O–H groups in total. The molecular formula is C25H22N6O2S. The molecule has 6 rings (SSSR count). The number of carboxylic acids is 1. The Balaban J connectivity index is 1.45. The van der Waals surface area contributed by atoms with Crippen molar-refractivity contribution in [3.8, 4) is 21.8 Å². The Labute approximate surface area is 199 Å². The van der Waals surface area contributed by atoms with Gasteiger partial charge in [-0.2, -0.15) is 5.10 Å². The number of rotatable bonds is 4. The highest BCUT2D eigenvalue weighted by atomic mass is 32.1. The van der Waals surface area contributed by atoms with E-state index in [2.05, 4.69) is 22.1 Å². The van der Waals surface area contributed by atoms with Gasteiger partial charge in [-0.3, -0.25) is 4.79 Å². The minimum atomic E-state index is -0.721. The maximum Gasteiger partial charge on any atom is 0.306 e. The molecule has 0 spiro atoms. The van der Waals surface area contributed by atoms with E-state index in [0.29, 0.717) is 24.3 Å². The van der Waals surface area contributed by atoms with Crippen LogP contribution in [0.15, 0.2) is 54.2 Å². The zero-order chi connectivity index (χ0) is 23.2. The summed E-state index contributed by atoms with van der Waals surface area (Å²) in [5.74, 6) is -0.631. The second-order valence-corrected chi connectivity index (χ2v) is 9.62. The number of aliphatic carboxylic acids is 1. The average molecular weight is 471 g/mol. The molecule has 8 nitrogen and oxygen atoms in total. The van der Waals surface area contributed by atoms with E-state index in [0.717, 1.165) is 51.0 Å². The molecule has 0 amide bonds. The number of hydrogen-bond donors (Lipinski definition) is 2. The second-order valence-electron chi connectivity index (χ2n) is 8.68. The predicted molar refractivity (Wildman–Crippen MR) is 132 cm³/mol. The molecule has 4 aromatic heterocycles. The van der Waals surface area contributed by atoms with Crippen LogP contribution < -0.4 is 5.73 Å². The lowest BCUT2D eigenvalue weighted by Crippen LogP contribution is -2.24. The van der Waals surface area contributed by atoms with E-state index in [9.17, 15) is 9.90 Å². The van der Waals surface area contributed by atoms with Gasteiger partial charge < -0.3 is 10.8 Å². The maximum absolute atomic E-state index is 11.4. The fraction of sp³-hybridized carbons (Fsp3) is 0.240. The first-order valence-corrected chi connectivity index (χ1v) is 12.1. The minimum absolute atomic E-state index is 0.0742. The molecule has 5 aromatic rings. The monoisotopic (exact) mass is 470 g/mol. The van der Waals surface area contributed by atoms with E-state index in [-0.39, 0.29) is 12.0 Å². The van der Waals surface area contributed by atoms with E-state index in [1.807, 2.05) is 40.4 Å². The topological polar surface area (TPSA) is 120 Å². The summed E-state index contributed by atoms with van der Waals surface area (Å²) in [6, 6.07) is 14.4. The predicted octanol–water partition coefficient (Wildman–Crippen LogP) is 5.17. The number of thiophene rings is 1. The first-order chi connectivity index (χ1) is 16.6. The van der Waals surface area contributed by atoms with Gasteiger partial charge in [-0.1, -0.05) is 24.3 Å². The molecule has 1 aliphatic rings. The van der Waals surface area contributed by atoms with Gasteiger partial charge in [-0.05, 0) is 49.3 Å². The summed E-state index contributed by atoms with van der Waals surface area (Å²) >= 11 is 1.66. The van der Waals surface area contributed by atoms with Gasteiger partial charge in [0.25, 0.3) is 0 Å². The quantitative estimate of drug-likeness (QED) is 0.372. The Bertz CT molecular complexity index is 1520. The van der Waals surface area contributed by atoms with Gasteiger partial charge in [0.1, 0.15) is 17.8 Å². The van der Waals surface area contributed by atoms with Crippen molar-refractivity contribution in [2.45, 2.75) is 31.7 Å². The molecule has 0 bridgehead atoms. The number of nitrogens with zero attached hydrogens (tertiary/aromatic N) is 5. The van der Waals surface area contributed by atoms with Crippen LogP contribution >= 0.6 is 11.3 Å². The van der Waals surface area contributed by atoms with Crippen LogP contribution in [0.2, 0.25) is 0 Å². The fourth-order valence-corrected chi connectivity index (χ4v) is 5.54. The molecule has 0 unspecified atom stereocenters. The van der Waals surface area contributed by atoms with Gasteiger partial charge >= 0.3 is 5.97 Å². The van der Waals surface area contributed by atoms with Crippen molar-refractivity contribution < 1.29 is 9.90 Å². The van der Waals surface area contributed by atoms with Gasteiger partial charge in [-0.25, -0.2) is 19.6 Å². The molecule has 4 heterocycles. The van der Waals surface area contributed by atoms with E-state index >= 15 is 0 Å². The highest BCUT2D eigenvalue weighted by molar-refractivity contribution is 7.13. The zero-order valence-corrected chi connectivity index (χ0v) is 19.1. The number of pyridine rings is 1. The molecule has 9 heteroatoms. The highest BCUT2D eigenvalue weighted by Gasteiger charge is 2.29. The number of hydrogen-bond acceptors (Lipinski definition) is 7. The maximum atomic E-state index is 11.4. The lowest BCUT2D eigenvalue weighted by Gasteiger charge is -2.26. The molecule has 0 atom stereocenters. The second kappa shape index (κ2) is 8.18. The Hall–Kier alpha value is -3.85. The van der Waals surface area contributed by atoms with Crippen LogP contribution in [0.3, 0.4) is 0 Å². The Morgan fingerprint density at radius 1 is 1.09 bits per heavy atom. The molecule has 1 aromatic carbocycles. The number of nitrogens with two attached hydrogens (primary N) is 1. The van der Waals surface area contributed by atoms with E-state index < -0.39 is 5.97 Å². The number of carbonyl (C=O) groups is 1. The number of aromatic nitrogens is 5. The van der Waals surface area contributed by atoms with Crippen molar-refractivity contribution in [3.05, 3.63) is 54.2 Å². The molecule has 170 valence electrons. The summed E-state index contributed by atoms with van der Waals surface area (Å²) in [6.07, 6.45) is 4.18. The third-order valence-electron chi connectivity index (χ3n) is 6.65. The highest BCUT2D eigenvalue weighted by Crippen LogP contribution is 2.38. The van der Waals surface area contributed by atoms with Crippen LogP contribution in [0.4, 0.5) is 5.82 Å². The van der Waals surface area contributed by atoms with Crippen LogP contribution in [0.25, 0.3) is 43.8 Å². The average Bonchev–Trinajstić information content (AvgIpc) is 3.53. The third-order valence-corrected chi connectivity index (χ3v) is 7.54. The number of carboxylic acid groups (broad SMARTS) is 1. The summed E-state index contributed by atoms with van der Waals surface area (Å²) < 4.78 is 1.92. The number of fused-ring (bicyclic) bond motifs is 2. The first kappa shape index (κ1) is 20.7. The lowest BCUT2D eigenvalue weighted by molar-refractivity contribution is -0.143. The number of anilines is 1. The van der Waals surface area contributed by atoms with Crippen LogP contribution in [0.5, 0.6) is 0 Å². The summed E-state index contributed by atoms with van der Waals surface area (Å²) in [5, 5.41) is 18.1. The molecule has 1 fully saturated rings. The van der Waals surface area contributed by atoms with Gasteiger partial charge in [0, 0.05) is 10.9 Å². The van der Waals surface area contributed by atoms with Crippen LogP contribution in [-0.2, 0) is 4.79 Å². The lowest BCUT2D eigenvalue weighted by atomic mass is 9.86. The Kier molecular flexibility index (Phi) is 4.99. The van der Waals surface area contributed by atoms with Crippen molar-refractivity contribution in [3.63, 3.8) is 0 Å². The Morgan fingerprint density at radius 3 is 2.68 bits per heavy atom. The van der Waals surface area contributed by atoms with Crippen LogP contribution in [-0.4, -0.2) is 35.8 Å². The number of benzene rings is 1. The normalized spacial score (nSPS) is 18.5. The summed E-state index contributed by atoms with van der Waals surface area (Å²) in [6.45, 7) is 0. The van der Waals surface area contributed by atoms with Gasteiger partial charge in [-0.15, -0.1) is 11.3 Å². The number of nitrogen functional groups attached to an aromatic ring is 1. The molecular weight excluding hydrogens is 448 g/mol. The first-order valence-electron chi connectivity index (χ1n) is 11.2. The summed E-state index contributed by atoms with van der Waals surface area (Å²) in [7, 11) is 0. The van der Waals surface area contributed by atoms with Crippen molar-refractivity contribution in [2.75, 3.05) is 5.73 Å². The molecule has 0 radical (unpaired) electrons. The SMILES string of the molecule is Nc1ncnc2c1c(-c1ccc3ccc(-c4cccs4)nc3c1)nn2C1CCC(C(=O)O)CC1. The van der Waals surface area contributed by atoms with Gasteiger partial charge in [0.15, 0.2) is 5.65 Å². The largest absolute Gasteiger partial charge is 0.481 e. The minimum Gasteiger partial charge on any atom is -0.481 e. The standard InChI is InChI=1S/C25H22N6O2S/c26-23-21-22(16-4-3-14-7-10-18(29-19(14)12-16)20-2-1-11-34-20)30-31(24(21)28-13-27-23)17-8-5-15(6-9-17)25(32)33/h1-4,7,10-13,15,17H,5-6,8-9H2,(H,32,33)(H2,26,27,28). The fourth-order valence-electron chi connectivity index (χ4n) is 4.85. The molecule has 34 heavy (non-hydrogen) atoms. The molecule has 0 saturated heterocycles. The zero-order valence-electron chi connectivity index (χ0n) is 18.3. The van der Waals surface area contributed by atoms with E-state index in [4.69, 9.17) is 15.8 Å². The van der Waals surface area contributed by atoms with Crippen molar-refractivity contribution >= 4 is 45.1 Å². The van der Waals surface area contributed by atoms with Crippen molar-refractivity contribution in [2.24, 2.45) is 5.92 Å². The molecule has 1 aliphatic carbocycles. The summed E-state index contributed by atoms with van der Waals surface area (Å²) in [5.41, 5.74) is 10.4. The van der Waals surface area contributed by atoms with Crippen molar-refractivity contribution in [1.82, 2.24) is 24.7 Å². The van der Waals surface area contributed by atoms with E-state index in [1.54, 1.807) is 11.3 Å². The van der Waals surface area contributed by atoms with Crippen molar-refractivity contribution in [1.29, 1.82) is 0 Å². The Morgan fingerprint density at radius 2 is 1.91 bits per heavy atom. The molecule has 0 aliphatic heterocycles. The summed E-state index contributed by atoms with van der Waals surface area (Å²) in [4.78, 5) is 26.1. The molecule has 1 saturated carbocycles. The van der Waals surface area contributed by atoms with Crippen LogP contribution in [0, 0.1) is 5.92 Å².